The summed E-state index contributed by atoms with van der Waals surface area (Å²) in [6, 6.07) is 16.9. The Kier molecular flexibility index (Phi) is 6.90. The standard InChI is InChI=1S/C24H21FN4O2S2/c1-14-7-8-16(11-15(14)2)26-23(31)27-17-9-10-20-21(12-17)33-24(29-20)32-13-22(30)28-19-6-4-3-5-18(19)25/h3-12H,13H2,1-2H3,(H,28,30)(H2,26,27,31). The van der Waals surface area contributed by atoms with Gasteiger partial charge < -0.3 is 16.0 Å². The third-order valence-corrected chi connectivity index (χ3v) is 7.03. The molecule has 3 N–H and O–H groups in total. The number of carbonyl (C=O) groups excluding carboxylic acids is 2. The zero-order valence-electron chi connectivity index (χ0n) is 17.9. The predicted octanol–water partition coefficient (Wildman–Crippen LogP) is 6.43. The molecule has 6 nitrogen and oxygen atoms in total. The molecule has 0 aliphatic heterocycles. The Morgan fingerprint density at radius 1 is 0.939 bits per heavy atom. The molecule has 3 amide bonds. The fraction of sp³-hybridized carbons (Fsp3) is 0.125. The lowest BCUT2D eigenvalue weighted by molar-refractivity contribution is -0.113. The normalized spacial score (nSPS) is 10.8. The first-order valence-electron chi connectivity index (χ1n) is 10.1. The van der Waals surface area contributed by atoms with Crippen molar-refractivity contribution in [3.63, 3.8) is 0 Å². The number of aryl methyl sites for hydroxylation is 2. The van der Waals surface area contributed by atoms with Gasteiger partial charge in [0.25, 0.3) is 0 Å². The number of thiazole rings is 1. The van der Waals surface area contributed by atoms with Crippen LogP contribution in [-0.2, 0) is 4.79 Å². The summed E-state index contributed by atoms with van der Waals surface area (Å²) in [6.45, 7) is 4.01. The van der Waals surface area contributed by atoms with E-state index in [1.807, 2.05) is 44.2 Å². The number of thioether (sulfide) groups is 1. The predicted molar refractivity (Wildman–Crippen MR) is 134 cm³/mol. The molecule has 168 valence electrons. The van der Waals surface area contributed by atoms with Crippen molar-refractivity contribution in [3.05, 3.63) is 77.6 Å². The van der Waals surface area contributed by atoms with Crippen LogP contribution in [0.15, 0.2) is 65.0 Å². The van der Waals surface area contributed by atoms with Crippen LogP contribution in [-0.4, -0.2) is 22.7 Å². The highest BCUT2D eigenvalue weighted by molar-refractivity contribution is 8.01. The molecule has 0 saturated heterocycles. The summed E-state index contributed by atoms with van der Waals surface area (Å²) < 4.78 is 15.3. The van der Waals surface area contributed by atoms with E-state index in [0.29, 0.717) is 10.0 Å². The van der Waals surface area contributed by atoms with Gasteiger partial charge in [-0.1, -0.05) is 30.0 Å². The zero-order valence-corrected chi connectivity index (χ0v) is 19.6. The summed E-state index contributed by atoms with van der Waals surface area (Å²) in [7, 11) is 0. The summed E-state index contributed by atoms with van der Waals surface area (Å²) in [5.41, 5.74) is 4.56. The fourth-order valence-corrected chi connectivity index (χ4v) is 4.94. The van der Waals surface area contributed by atoms with Gasteiger partial charge in [0.2, 0.25) is 5.91 Å². The lowest BCUT2D eigenvalue weighted by Gasteiger charge is -2.09. The molecule has 0 atom stereocenters. The summed E-state index contributed by atoms with van der Waals surface area (Å²) in [6.07, 6.45) is 0. The quantitative estimate of drug-likeness (QED) is 0.278. The number of rotatable bonds is 6. The number of nitrogens with one attached hydrogen (secondary N) is 3. The van der Waals surface area contributed by atoms with Gasteiger partial charge >= 0.3 is 6.03 Å². The van der Waals surface area contributed by atoms with Crippen molar-refractivity contribution in [2.45, 2.75) is 18.2 Å². The molecular weight excluding hydrogens is 459 g/mol. The molecule has 4 aromatic rings. The van der Waals surface area contributed by atoms with Crippen molar-refractivity contribution >= 4 is 62.3 Å². The third kappa shape index (κ3) is 5.88. The molecule has 4 rings (SSSR count). The molecule has 0 unspecified atom stereocenters. The van der Waals surface area contributed by atoms with E-state index in [-0.39, 0.29) is 23.4 Å². The molecule has 0 fully saturated rings. The van der Waals surface area contributed by atoms with E-state index in [0.717, 1.165) is 27.0 Å². The van der Waals surface area contributed by atoms with Crippen LogP contribution in [0, 0.1) is 19.7 Å². The number of para-hydroxylation sites is 1. The maximum atomic E-state index is 13.7. The van der Waals surface area contributed by atoms with Gasteiger partial charge in [0, 0.05) is 11.4 Å². The van der Waals surface area contributed by atoms with Gasteiger partial charge in [-0.15, -0.1) is 11.3 Å². The second-order valence-corrected chi connectivity index (χ2v) is 9.61. The molecular formula is C24H21FN4O2S2. The Hall–Kier alpha value is -3.43. The van der Waals surface area contributed by atoms with Crippen molar-refractivity contribution in [3.8, 4) is 0 Å². The molecule has 9 heteroatoms. The minimum Gasteiger partial charge on any atom is -0.323 e. The van der Waals surface area contributed by atoms with E-state index < -0.39 is 5.82 Å². The number of amides is 3. The van der Waals surface area contributed by atoms with E-state index in [2.05, 4.69) is 20.9 Å². The number of benzene rings is 3. The Balaban J connectivity index is 1.35. The van der Waals surface area contributed by atoms with Crippen LogP contribution in [0.1, 0.15) is 11.1 Å². The number of hydrogen-bond donors (Lipinski definition) is 3. The second-order valence-electron chi connectivity index (χ2n) is 7.36. The SMILES string of the molecule is Cc1ccc(NC(=O)Nc2ccc3nc(SCC(=O)Nc4ccccc4F)sc3c2)cc1C. The van der Waals surface area contributed by atoms with Crippen LogP contribution in [0.4, 0.5) is 26.2 Å². The summed E-state index contributed by atoms with van der Waals surface area (Å²) >= 11 is 2.70. The number of anilines is 3. The number of urea groups is 1. The molecule has 0 spiro atoms. The average molecular weight is 481 g/mol. The first-order valence-corrected chi connectivity index (χ1v) is 11.9. The maximum Gasteiger partial charge on any atom is 0.323 e. The van der Waals surface area contributed by atoms with Crippen molar-refractivity contribution in [1.82, 2.24) is 4.98 Å². The monoisotopic (exact) mass is 480 g/mol. The van der Waals surface area contributed by atoms with E-state index in [1.54, 1.807) is 18.2 Å². The number of halogens is 1. The van der Waals surface area contributed by atoms with E-state index in [4.69, 9.17) is 0 Å². The Morgan fingerprint density at radius 3 is 2.42 bits per heavy atom. The topological polar surface area (TPSA) is 83.1 Å². The highest BCUT2D eigenvalue weighted by atomic mass is 32.2. The van der Waals surface area contributed by atoms with E-state index in [1.165, 1.54) is 35.2 Å². The van der Waals surface area contributed by atoms with Crippen molar-refractivity contribution in [2.24, 2.45) is 0 Å². The third-order valence-electron chi connectivity index (χ3n) is 4.87. The van der Waals surface area contributed by atoms with Gasteiger partial charge in [-0.3, -0.25) is 4.79 Å². The fourth-order valence-electron chi connectivity index (χ4n) is 3.03. The summed E-state index contributed by atoms with van der Waals surface area (Å²) in [4.78, 5) is 29.0. The maximum absolute atomic E-state index is 13.7. The van der Waals surface area contributed by atoms with Gasteiger partial charge in [0.05, 0.1) is 21.7 Å². The molecule has 0 radical (unpaired) electrons. The molecule has 1 heterocycles. The highest BCUT2D eigenvalue weighted by Gasteiger charge is 2.11. The number of aromatic nitrogens is 1. The number of fused-ring (bicyclic) bond motifs is 1. The van der Waals surface area contributed by atoms with Gasteiger partial charge in [-0.25, -0.2) is 14.2 Å². The minimum atomic E-state index is -0.475. The largest absolute Gasteiger partial charge is 0.323 e. The summed E-state index contributed by atoms with van der Waals surface area (Å²) in [5, 5.41) is 8.22. The summed E-state index contributed by atoms with van der Waals surface area (Å²) in [5.74, 6) is -0.676. The van der Waals surface area contributed by atoms with Crippen LogP contribution >= 0.6 is 23.1 Å². The number of hydrogen-bond acceptors (Lipinski definition) is 5. The zero-order chi connectivity index (χ0) is 23.4. The second kappa shape index (κ2) is 10.0. The molecule has 0 aliphatic rings. The van der Waals surface area contributed by atoms with Crippen LogP contribution < -0.4 is 16.0 Å². The molecule has 33 heavy (non-hydrogen) atoms. The van der Waals surface area contributed by atoms with Crippen molar-refractivity contribution in [1.29, 1.82) is 0 Å². The van der Waals surface area contributed by atoms with E-state index in [9.17, 15) is 14.0 Å². The lowest BCUT2D eigenvalue weighted by Crippen LogP contribution is -2.19. The Bertz CT molecular complexity index is 1340. The van der Waals surface area contributed by atoms with Crippen LogP contribution in [0.25, 0.3) is 10.2 Å². The molecule has 1 aromatic heterocycles. The lowest BCUT2D eigenvalue weighted by atomic mass is 10.1. The smallest absolute Gasteiger partial charge is 0.323 e. The Morgan fingerprint density at radius 2 is 1.67 bits per heavy atom. The van der Waals surface area contributed by atoms with Gasteiger partial charge in [-0.2, -0.15) is 0 Å². The molecule has 3 aromatic carbocycles. The van der Waals surface area contributed by atoms with Crippen molar-refractivity contribution in [2.75, 3.05) is 21.7 Å². The van der Waals surface area contributed by atoms with Crippen LogP contribution in [0.2, 0.25) is 0 Å². The molecule has 0 aliphatic carbocycles. The van der Waals surface area contributed by atoms with Crippen molar-refractivity contribution < 1.29 is 14.0 Å². The first-order chi connectivity index (χ1) is 15.9. The number of carbonyl (C=O) groups is 2. The average Bonchev–Trinajstić information content (AvgIpc) is 3.19. The van der Waals surface area contributed by atoms with Gasteiger partial charge in [-0.05, 0) is 67.4 Å². The highest BCUT2D eigenvalue weighted by Crippen LogP contribution is 2.31. The van der Waals surface area contributed by atoms with Gasteiger partial charge in [0.1, 0.15) is 5.82 Å². The molecule has 0 bridgehead atoms. The van der Waals surface area contributed by atoms with Gasteiger partial charge in [0.15, 0.2) is 4.34 Å². The van der Waals surface area contributed by atoms with E-state index >= 15 is 0 Å². The Labute approximate surface area is 198 Å². The minimum absolute atomic E-state index is 0.109. The first kappa shape index (κ1) is 22.8. The van der Waals surface area contributed by atoms with Crippen LogP contribution in [0.3, 0.4) is 0 Å². The van der Waals surface area contributed by atoms with Crippen LogP contribution in [0.5, 0.6) is 0 Å². The molecule has 0 saturated carbocycles. The number of nitrogens with zero attached hydrogens (tertiary/aromatic N) is 1.